The van der Waals surface area contributed by atoms with Gasteiger partial charge in [0.05, 0.1) is 12.2 Å². The normalized spacial score (nSPS) is 16.5. The number of carboxylic acids is 1. The van der Waals surface area contributed by atoms with E-state index < -0.39 is 11.9 Å². The highest BCUT2D eigenvalue weighted by atomic mass is 32.1. The van der Waals surface area contributed by atoms with E-state index in [1.54, 1.807) is 6.92 Å². The number of ether oxygens (including phenoxy) is 1. The lowest BCUT2D eigenvalue weighted by molar-refractivity contribution is -0.305. The Hall–Kier alpha value is -1.89. The second-order valence-electron chi connectivity index (χ2n) is 8.01. The van der Waals surface area contributed by atoms with Crippen LogP contribution in [0.1, 0.15) is 74.2 Å². The molecule has 0 saturated heterocycles. The molecule has 1 N–H and O–H groups in total. The Bertz CT molecular complexity index is 717. The molecule has 1 atom stereocenters. The van der Waals surface area contributed by atoms with Crippen molar-refractivity contribution in [1.29, 1.82) is 0 Å². The average molecular weight is 395 g/mol. The van der Waals surface area contributed by atoms with Gasteiger partial charge >= 0.3 is 5.97 Å². The molecule has 1 heterocycles. The minimum absolute atomic E-state index is 0.0728. The van der Waals surface area contributed by atoms with Crippen molar-refractivity contribution in [3.8, 4) is 0 Å². The molecule has 0 bridgehead atoms. The number of thiophene rings is 1. The van der Waals surface area contributed by atoms with E-state index in [0.717, 1.165) is 29.7 Å². The first-order valence-corrected chi connectivity index (χ1v) is 10.3. The fourth-order valence-corrected chi connectivity index (χ4v) is 4.75. The van der Waals surface area contributed by atoms with Gasteiger partial charge in [0.1, 0.15) is 5.00 Å². The number of fused-ring (bicyclic) bond motifs is 1. The monoisotopic (exact) mass is 394 g/mol. The maximum atomic E-state index is 12.5. The Morgan fingerprint density at radius 2 is 1.96 bits per heavy atom. The average Bonchev–Trinajstić information content (AvgIpc) is 2.90. The molecule has 150 valence electrons. The maximum absolute atomic E-state index is 12.5. The lowest BCUT2D eigenvalue weighted by Gasteiger charge is -2.33. The predicted molar refractivity (Wildman–Crippen MR) is 103 cm³/mol. The zero-order valence-corrected chi connectivity index (χ0v) is 17.3. The van der Waals surface area contributed by atoms with E-state index in [2.05, 4.69) is 26.1 Å². The maximum Gasteiger partial charge on any atom is 0.341 e. The summed E-state index contributed by atoms with van der Waals surface area (Å²) in [6, 6.07) is 0. The molecule has 0 aliphatic heterocycles. The molecule has 1 aromatic heterocycles. The number of aliphatic carboxylic acids is 1. The molecule has 0 unspecified atom stereocenters. The molecule has 1 aliphatic rings. The van der Waals surface area contributed by atoms with E-state index in [4.69, 9.17) is 4.74 Å². The lowest BCUT2D eigenvalue weighted by atomic mass is 9.72. The van der Waals surface area contributed by atoms with Gasteiger partial charge in [0.25, 0.3) is 0 Å². The van der Waals surface area contributed by atoms with Crippen molar-refractivity contribution in [2.24, 2.45) is 11.3 Å². The van der Waals surface area contributed by atoms with Crippen molar-refractivity contribution in [2.75, 3.05) is 11.9 Å². The van der Waals surface area contributed by atoms with E-state index in [-0.39, 0.29) is 37.2 Å². The van der Waals surface area contributed by atoms with Crippen LogP contribution < -0.4 is 10.4 Å². The molecule has 0 spiro atoms. The quantitative estimate of drug-likeness (QED) is 0.718. The van der Waals surface area contributed by atoms with Crippen LogP contribution in [0.2, 0.25) is 0 Å². The summed E-state index contributed by atoms with van der Waals surface area (Å²) in [4.78, 5) is 36.3. The molecule has 1 amide bonds. The van der Waals surface area contributed by atoms with E-state index >= 15 is 0 Å². The second-order valence-corrected chi connectivity index (χ2v) is 9.11. The van der Waals surface area contributed by atoms with Gasteiger partial charge in [-0.1, -0.05) is 20.8 Å². The second kappa shape index (κ2) is 8.87. The van der Waals surface area contributed by atoms with Crippen LogP contribution in [0.4, 0.5) is 5.00 Å². The zero-order valence-electron chi connectivity index (χ0n) is 16.5. The van der Waals surface area contributed by atoms with Crippen LogP contribution in [0.25, 0.3) is 0 Å². The van der Waals surface area contributed by atoms with E-state index in [1.165, 1.54) is 11.3 Å². The number of amides is 1. The van der Waals surface area contributed by atoms with Crippen LogP contribution in [0.5, 0.6) is 0 Å². The molecule has 0 aromatic carbocycles. The molecule has 0 fully saturated rings. The number of esters is 1. The van der Waals surface area contributed by atoms with Gasteiger partial charge in [-0.2, -0.15) is 0 Å². The Labute approximate surface area is 164 Å². The number of hydrogen-bond donors (Lipinski definition) is 1. The number of carboxylic acid groups (broad SMARTS) is 1. The van der Waals surface area contributed by atoms with Crippen molar-refractivity contribution in [3.05, 3.63) is 16.0 Å². The van der Waals surface area contributed by atoms with Gasteiger partial charge in [-0.25, -0.2) is 4.79 Å². The van der Waals surface area contributed by atoms with Gasteiger partial charge in [0, 0.05) is 17.3 Å². The molecular weight excluding hydrogens is 366 g/mol. The molecular formula is C20H28NO5S-. The highest BCUT2D eigenvalue weighted by Crippen LogP contribution is 2.44. The fourth-order valence-electron chi connectivity index (χ4n) is 3.41. The predicted octanol–water partition coefficient (Wildman–Crippen LogP) is 2.93. The van der Waals surface area contributed by atoms with E-state index in [9.17, 15) is 19.5 Å². The molecule has 1 aliphatic carbocycles. The van der Waals surface area contributed by atoms with Crippen molar-refractivity contribution in [2.45, 2.75) is 66.2 Å². The molecule has 6 nitrogen and oxygen atoms in total. The lowest BCUT2D eigenvalue weighted by Crippen LogP contribution is -2.26. The van der Waals surface area contributed by atoms with Crippen LogP contribution in [-0.2, 0) is 27.2 Å². The van der Waals surface area contributed by atoms with Crippen molar-refractivity contribution >= 4 is 34.2 Å². The number of anilines is 1. The number of hydrogen-bond acceptors (Lipinski definition) is 6. The Kier molecular flexibility index (Phi) is 7.03. The fraction of sp³-hybridized carbons (Fsp3) is 0.650. The highest BCUT2D eigenvalue weighted by molar-refractivity contribution is 7.17. The SMILES string of the molecule is CCOC(=O)c1c(NC(=O)CCCC(=O)[O-])sc2c1CC[C@@H](C(C)(C)C)C2. The molecule has 0 radical (unpaired) electrons. The summed E-state index contributed by atoms with van der Waals surface area (Å²) in [5, 5.41) is 13.8. The van der Waals surface area contributed by atoms with Gasteiger partial charge in [0.2, 0.25) is 5.91 Å². The third kappa shape index (κ3) is 5.54. The molecule has 1 aromatic rings. The van der Waals surface area contributed by atoms with Crippen LogP contribution in [0, 0.1) is 11.3 Å². The number of carbonyl (C=O) groups is 3. The summed E-state index contributed by atoms with van der Waals surface area (Å²) in [5.41, 5.74) is 1.64. The van der Waals surface area contributed by atoms with E-state index in [1.807, 2.05) is 0 Å². The zero-order chi connectivity index (χ0) is 20.2. The van der Waals surface area contributed by atoms with Gasteiger partial charge < -0.3 is 20.0 Å². The summed E-state index contributed by atoms with van der Waals surface area (Å²) < 4.78 is 5.21. The van der Waals surface area contributed by atoms with Crippen molar-refractivity contribution < 1.29 is 24.2 Å². The first-order valence-electron chi connectivity index (χ1n) is 9.44. The topological polar surface area (TPSA) is 95.5 Å². The van der Waals surface area contributed by atoms with Gasteiger partial charge in [-0.15, -0.1) is 11.3 Å². The van der Waals surface area contributed by atoms with Crippen molar-refractivity contribution in [1.82, 2.24) is 0 Å². The third-order valence-electron chi connectivity index (χ3n) is 5.01. The number of carbonyl (C=O) groups excluding carboxylic acids is 3. The van der Waals surface area contributed by atoms with E-state index in [0.29, 0.717) is 16.5 Å². The molecule has 2 rings (SSSR count). The van der Waals surface area contributed by atoms with Crippen LogP contribution in [0.15, 0.2) is 0 Å². The summed E-state index contributed by atoms with van der Waals surface area (Å²) >= 11 is 1.44. The minimum Gasteiger partial charge on any atom is -0.550 e. The van der Waals surface area contributed by atoms with Crippen LogP contribution >= 0.6 is 11.3 Å². The first-order chi connectivity index (χ1) is 12.6. The van der Waals surface area contributed by atoms with Gasteiger partial charge in [0.15, 0.2) is 0 Å². The smallest absolute Gasteiger partial charge is 0.341 e. The Balaban J connectivity index is 2.23. The molecule has 0 saturated carbocycles. The Morgan fingerprint density at radius 3 is 2.56 bits per heavy atom. The van der Waals surface area contributed by atoms with Gasteiger partial charge in [-0.3, -0.25) is 4.79 Å². The van der Waals surface area contributed by atoms with Crippen LogP contribution in [-0.4, -0.2) is 24.5 Å². The van der Waals surface area contributed by atoms with Crippen LogP contribution in [0.3, 0.4) is 0 Å². The standard InChI is InChI=1S/C20H29NO5S/c1-5-26-19(25)17-13-10-9-12(20(2,3)4)11-14(13)27-18(17)21-15(22)7-6-8-16(23)24/h12H,5-11H2,1-4H3,(H,21,22)(H,23,24)/p-1/t12-/m1/s1. The number of rotatable bonds is 7. The third-order valence-corrected chi connectivity index (χ3v) is 6.18. The first kappa shape index (κ1) is 21.4. The minimum atomic E-state index is -1.17. The number of nitrogens with one attached hydrogen (secondary N) is 1. The Morgan fingerprint density at radius 1 is 1.26 bits per heavy atom. The molecule has 7 heteroatoms. The molecule has 27 heavy (non-hydrogen) atoms. The largest absolute Gasteiger partial charge is 0.550 e. The summed E-state index contributed by atoms with van der Waals surface area (Å²) in [7, 11) is 0. The summed E-state index contributed by atoms with van der Waals surface area (Å²) in [5.74, 6) is -1.36. The summed E-state index contributed by atoms with van der Waals surface area (Å²) in [6.07, 6.45) is 2.80. The highest BCUT2D eigenvalue weighted by Gasteiger charge is 2.34. The van der Waals surface area contributed by atoms with Gasteiger partial charge in [-0.05, 0) is 55.9 Å². The summed E-state index contributed by atoms with van der Waals surface area (Å²) in [6.45, 7) is 8.70. The van der Waals surface area contributed by atoms with Crippen molar-refractivity contribution in [3.63, 3.8) is 0 Å².